The fraction of sp³-hybridized carbons (Fsp3) is 1.00. The van der Waals surface area contributed by atoms with Gasteiger partial charge in [-0.2, -0.15) is 0 Å². The van der Waals surface area contributed by atoms with Crippen LogP contribution in [-0.2, 0) is 14.8 Å². The predicted octanol–water partition coefficient (Wildman–Crippen LogP) is 0.0218. The van der Waals surface area contributed by atoms with E-state index in [-0.39, 0.29) is 24.3 Å². The minimum atomic E-state index is -3.16. The Morgan fingerprint density at radius 1 is 1.50 bits per heavy atom. The van der Waals surface area contributed by atoms with Gasteiger partial charge in [0.25, 0.3) is 0 Å². The number of hydrogen-bond acceptors (Lipinski definition) is 4. The van der Waals surface area contributed by atoms with Crippen LogP contribution in [0.4, 0.5) is 0 Å². The van der Waals surface area contributed by atoms with Gasteiger partial charge in [-0.1, -0.05) is 13.3 Å². The van der Waals surface area contributed by atoms with Crippen molar-refractivity contribution in [2.24, 2.45) is 11.7 Å². The van der Waals surface area contributed by atoms with Crippen LogP contribution in [0.15, 0.2) is 0 Å². The minimum absolute atomic E-state index is 0.0647. The summed E-state index contributed by atoms with van der Waals surface area (Å²) in [6.07, 6.45) is 1.68. The molecule has 6 heteroatoms. The molecule has 2 atom stereocenters. The number of nitrogens with zero attached hydrogens (tertiary/aromatic N) is 1. The lowest BCUT2D eigenvalue weighted by Gasteiger charge is -2.35. The van der Waals surface area contributed by atoms with Gasteiger partial charge in [-0.15, -0.1) is 0 Å². The summed E-state index contributed by atoms with van der Waals surface area (Å²) >= 11 is 0. The highest BCUT2D eigenvalue weighted by atomic mass is 32.2. The Balaban J connectivity index is 2.60. The monoisotopic (exact) mass is 250 g/mol. The third-order valence-corrected chi connectivity index (χ3v) is 5.02. The summed E-state index contributed by atoms with van der Waals surface area (Å²) in [6.45, 7) is 3.41. The van der Waals surface area contributed by atoms with Crippen molar-refractivity contribution in [1.82, 2.24) is 4.31 Å². The van der Waals surface area contributed by atoms with Crippen LogP contribution >= 0.6 is 0 Å². The van der Waals surface area contributed by atoms with Crippen LogP contribution in [0.5, 0.6) is 0 Å². The van der Waals surface area contributed by atoms with E-state index in [9.17, 15) is 8.42 Å². The highest BCUT2D eigenvalue weighted by Crippen LogP contribution is 2.21. The average Bonchev–Trinajstić information content (AvgIpc) is 2.27. The molecule has 0 aromatic rings. The Labute approximate surface area is 98.0 Å². The molecule has 96 valence electrons. The molecule has 5 nitrogen and oxygen atoms in total. The van der Waals surface area contributed by atoms with E-state index in [1.165, 1.54) is 7.11 Å². The number of hydrogen-bond donors (Lipinski definition) is 1. The van der Waals surface area contributed by atoms with Crippen molar-refractivity contribution >= 4 is 10.0 Å². The summed E-state index contributed by atoms with van der Waals surface area (Å²) < 4.78 is 30.2. The molecule has 1 fully saturated rings. The van der Waals surface area contributed by atoms with Crippen LogP contribution < -0.4 is 5.73 Å². The first-order chi connectivity index (χ1) is 7.51. The number of nitrogens with two attached hydrogens (primary N) is 1. The molecule has 0 bridgehead atoms. The Kier molecular flexibility index (Phi) is 5.17. The van der Waals surface area contributed by atoms with E-state index in [1.807, 2.05) is 0 Å². The van der Waals surface area contributed by atoms with Crippen molar-refractivity contribution in [1.29, 1.82) is 0 Å². The van der Waals surface area contributed by atoms with Crippen LogP contribution in [0.3, 0.4) is 0 Å². The van der Waals surface area contributed by atoms with Crippen molar-refractivity contribution in [2.45, 2.75) is 25.8 Å². The van der Waals surface area contributed by atoms with Gasteiger partial charge in [-0.3, -0.25) is 0 Å². The van der Waals surface area contributed by atoms with E-state index in [1.54, 1.807) is 4.31 Å². The van der Waals surface area contributed by atoms with Gasteiger partial charge in [0.2, 0.25) is 10.0 Å². The molecule has 0 spiro atoms. The molecule has 0 amide bonds. The SMILES string of the molecule is CCC1CN(S(=O)(=O)CCOC)CCC1N. The lowest BCUT2D eigenvalue weighted by Crippen LogP contribution is -2.49. The Morgan fingerprint density at radius 2 is 2.19 bits per heavy atom. The van der Waals surface area contributed by atoms with Crippen molar-refractivity contribution in [3.63, 3.8) is 0 Å². The minimum Gasteiger partial charge on any atom is -0.384 e. The Bertz CT molecular complexity index is 305. The van der Waals surface area contributed by atoms with Gasteiger partial charge in [0, 0.05) is 26.2 Å². The summed E-state index contributed by atoms with van der Waals surface area (Å²) in [7, 11) is -1.65. The van der Waals surface area contributed by atoms with E-state index >= 15 is 0 Å². The molecule has 0 radical (unpaired) electrons. The summed E-state index contributed by atoms with van der Waals surface area (Å²) in [4.78, 5) is 0. The number of ether oxygens (including phenoxy) is 1. The standard InChI is InChI=1S/C10H22N2O3S/c1-3-9-8-12(5-4-10(9)11)16(13,14)7-6-15-2/h9-10H,3-8,11H2,1-2H3. The zero-order chi connectivity index (χ0) is 12.2. The largest absolute Gasteiger partial charge is 0.384 e. The van der Waals surface area contributed by atoms with Gasteiger partial charge in [0.15, 0.2) is 0 Å². The van der Waals surface area contributed by atoms with Crippen LogP contribution in [0, 0.1) is 5.92 Å². The summed E-state index contributed by atoms with van der Waals surface area (Å²) in [6, 6.07) is 0.138. The van der Waals surface area contributed by atoms with Gasteiger partial charge < -0.3 is 10.5 Å². The molecule has 1 aliphatic heterocycles. The first kappa shape index (κ1) is 13.9. The maximum Gasteiger partial charge on any atom is 0.216 e. The van der Waals surface area contributed by atoms with Gasteiger partial charge in [0.05, 0.1) is 12.4 Å². The zero-order valence-corrected chi connectivity index (χ0v) is 10.9. The van der Waals surface area contributed by atoms with Gasteiger partial charge in [-0.25, -0.2) is 12.7 Å². The number of piperidine rings is 1. The average molecular weight is 250 g/mol. The van der Waals surface area contributed by atoms with Crippen molar-refractivity contribution in [3.05, 3.63) is 0 Å². The quantitative estimate of drug-likeness (QED) is 0.746. The lowest BCUT2D eigenvalue weighted by atomic mass is 9.92. The molecule has 0 aromatic heterocycles. The predicted molar refractivity (Wildman–Crippen MR) is 63.6 cm³/mol. The summed E-state index contributed by atoms with van der Waals surface area (Å²) in [5.74, 6) is 0.348. The molecule has 1 rings (SSSR count). The van der Waals surface area contributed by atoms with Crippen LogP contribution in [0.1, 0.15) is 19.8 Å². The second-order valence-corrected chi connectivity index (χ2v) is 6.38. The van der Waals surface area contributed by atoms with Crippen LogP contribution in [-0.4, -0.2) is 51.3 Å². The molecule has 2 unspecified atom stereocenters. The Morgan fingerprint density at radius 3 is 2.75 bits per heavy atom. The smallest absolute Gasteiger partial charge is 0.216 e. The van der Waals surface area contributed by atoms with E-state index in [0.717, 1.165) is 12.8 Å². The highest BCUT2D eigenvalue weighted by Gasteiger charge is 2.31. The third kappa shape index (κ3) is 3.41. The normalized spacial score (nSPS) is 28.2. The fourth-order valence-electron chi connectivity index (χ4n) is 2.02. The van der Waals surface area contributed by atoms with Crippen molar-refractivity contribution < 1.29 is 13.2 Å². The molecular formula is C10H22N2O3S. The fourth-order valence-corrected chi connectivity index (χ4v) is 3.46. The van der Waals surface area contributed by atoms with Gasteiger partial charge in [-0.05, 0) is 12.3 Å². The molecule has 0 saturated carbocycles. The molecule has 2 N–H and O–H groups in total. The molecular weight excluding hydrogens is 228 g/mol. The summed E-state index contributed by atoms with van der Waals surface area (Å²) in [5, 5.41) is 0. The maximum absolute atomic E-state index is 11.9. The maximum atomic E-state index is 11.9. The zero-order valence-electron chi connectivity index (χ0n) is 10.1. The molecule has 1 heterocycles. The van der Waals surface area contributed by atoms with E-state index in [2.05, 4.69) is 6.92 Å². The second-order valence-electron chi connectivity index (χ2n) is 4.29. The van der Waals surface area contributed by atoms with Crippen molar-refractivity contribution in [3.8, 4) is 0 Å². The highest BCUT2D eigenvalue weighted by molar-refractivity contribution is 7.89. The molecule has 0 aliphatic carbocycles. The number of methoxy groups -OCH3 is 1. The first-order valence-electron chi connectivity index (χ1n) is 5.73. The van der Waals surface area contributed by atoms with E-state index in [4.69, 9.17) is 10.5 Å². The van der Waals surface area contributed by atoms with E-state index in [0.29, 0.717) is 13.1 Å². The summed E-state index contributed by atoms with van der Waals surface area (Å²) in [5.41, 5.74) is 5.95. The molecule has 1 saturated heterocycles. The number of rotatable bonds is 5. The van der Waals surface area contributed by atoms with Crippen LogP contribution in [0.2, 0.25) is 0 Å². The van der Waals surface area contributed by atoms with Crippen LogP contribution in [0.25, 0.3) is 0 Å². The first-order valence-corrected chi connectivity index (χ1v) is 7.34. The second kappa shape index (κ2) is 5.95. The van der Waals surface area contributed by atoms with Gasteiger partial charge in [0.1, 0.15) is 0 Å². The third-order valence-electron chi connectivity index (χ3n) is 3.22. The van der Waals surface area contributed by atoms with Gasteiger partial charge >= 0.3 is 0 Å². The molecule has 16 heavy (non-hydrogen) atoms. The van der Waals surface area contributed by atoms with Crippen molar-refractivity contribution in [2.75, 3.05) is 32.6 Å². The Hall–Kier alpha value is -0.170. The van der Waals surface area contributed by atoms with E-state index < -0.39 is 10.0 Å². The topological polar surface area (TPSA) is 72.6 Å². The molecule has 1 aliphatic rings. The number of sulfonamides is 1. The molecule has 0 aromatic carbocycles. The lowest BCUT2D eigenvalue weighted by molar-refractivity contribution is 0.208.